The number of amides is 3. The molecule has 1 unspecified atom stereocenters. The molecule has 3 rings (SSSR count). The van der Waals surface area contributed by atoms with Crippen LogP contribution in [0, 0.1) is 13.8 Å². The number of hydrogen-bond acceptors (Lipinski definition) is 3. The monoisotopic (exact) mass is 338 g/mol. The van der Waals surface area contributed by atoms with Crippen molar-refractivity contribution in [2.24, 2.45) is 0 Å². The molecule has 2 aromatic rings. The molecule has 0 saturated carbocycles. The fourth-order valence-corrected chi connectivity index (χ4v) is 2.87. The Hall–Kier alpha value is -2.89. The summed E-state index contributed by atoms with van der Waals surface area (Å²) in [6.45, 7) is 4.96. The fraction of sp³-hybridized carbons (Fsp3) is 0.316. The minimum atomic E-state index is -0.274. The Bertz CT molecular complexity index is 776. The van der Waals surface area contributed by atoms with Crippen LogP contribution in [0.1, 0.15) is 23.1 Å². The third-order valence-electron chi connectivity index (χ3n) is 4.44. The Labute approximate surface area is 147 Å². The number of pyridine rings is 1. The number of rotatable bonds is 4. The van der Waals surface area contributed by atoms with Gasteiger partial charge in [-0.2, -0.15) is 0 Å². The van der Waals surface area contributed by atoms with Gasteiger partial charge in [-0.3, -0.25) is 9.78 Å². The smallest absolute Gasteiger partial charge is 0.315 e. The van der Waals surface area contributed by atoms with Crippen molar-refractivity contribution in [1.82, 2.24) is 15.6 Å². The van der Waals surface area contributed by atoms with Gasteiger partial charge in [-0.15, -0.1) is 0 Å². The first-order chi connectivity index (χ1) is 12.0. The van der Waals surface area contributed by atoms with Gasteiger partial charge in [-0.05, 0) is 48.7 Å². The zero-order valence-electron chi connectivity index (χ0n) is 14.5. The summed E-state index contributed by atoms with van der Waals surface area (Å²) in [5.74, 6) is 0.0285. The molecule has 1 aromatic carbocycles. The van der Waals surface area contributed by atoms with Crippen LogP contribution in [-0.4, -0.2) is 29.5 Å². The maximum atomic E-state index is 12.3. The van der Waals surface area contributed by atoms with Crippen LogP contribution in [0.4, 0.5) is 10.5 Å². The van der Waals surface area contributed by atoms with Crippen LogP contribution >= 0.6 is 0 Å². The van der Waals surface area contributed by atoms with E-state index in [9.17, 15) is 9.59 Å². The summed E-state index contributed by atoms with van der Waals surface area (Å²) < 4.78 is 0. The van der Waals surface area contributed by atoms with E-state index in [1.807, 2.05) is 44.2 Å². The minimum absolute atomic E-state index is 0.0285. The molecule has 0 radical (unpaired) electrons. The van der Waals surface area contributed by atoms with E-state index in [4.69, 9.17) is 0 Å². The average molecular weight is 338 g/mol. The first-order valence-electron chi connectivity index (χ1n) is 8.34. The molecule has 3 amide bonds. The third kappa shape index (κ3) is 4.15. The zero-order valence-corrected chi connectivity index (χ0v) is 14.5. The maximum Gasteiger partial charge on any atom is 0.315 e. The molecular weight excluding hydrogens is 316 g/mol. The van der Waals surface area contributed by atoms with Crippen LogP contribution in [0.2, 0.25) is 0 Å². The molecular formula is C19H22N4O2. The predicted octanol–water partition coefficient (Wildman–Crippen LogP) is 2.30. The number of anilines is 1. The highest BCUT2D eigenvalue weighted by atomic mass is 16.2. The molecule has 1 fully saturated rings. The lowest BCUT2D eigenvalue weighted by molar-refractivity contribution is -0.117. The van der Waals surface area contributed by atoms with Crippen molar-refractivity contribution in [3.05, 3.63) is 59.4 Å². The lowest BCUT2D eigenvalue weighted by Gasteiger charge is -2.18. The molecule has 0 aliphatic carbocycles. The van der Waals surface area contributed by atoms with Gasteiger partial charge in [0.1, 0.15) is 0 Å². The normalized spacial score (nSPS) is 16.8. The minimum Gasteiger partial charge on any atom is -0.334 e. The molecule has 2 heterocycles. The highest BCUT2D eigenvalue weighted by Gasteiger charge is 2.31. The lowest BCUT2D eigenvalue weighted by atomic mass is 10.1. The van der Waals surface area contributed by atoms with Crippen LogP contribution in [-0.2, 0) is 11.3 Å². The van der Waals surface area contributed by atoms with Gasteiger partial charge < -0.3 is 15.5 Å². The van der Waals surface area contributed by atoms with Gasteiger partial charge in [0.25, 0.3) is 0 Å². The van der Waals surface area contributed by atoms with E-state index in [0.717, 1.165) is 16.8 Å². The summed E-state index contributed by atoms with van der Waals surface area (Å²) >= 11 is 0. The van der Waals surface area contributed by atoms with Gasteiger partial charge in [-0.1, -0.05) is 12.1 Å². The number of urea groups is 1. The van der Waals surface area contributed by atoms with E-state index in [2.05, 4.69) is 15.6 Å². The quantitative estimate of drug-likeness (QED) is 0.898. The number of nitrogens with zero attached hydrogens (tertiary/aromatic N) is 2. The Balaban J connectivity index is 1.55. The summed E-state index contributed by atoms with van der Waals surface area (Å²) in [4.78, 5) is 30.1. The van der Waals surface area contributed by atoms with Crippen molar-refractivity contribution in [1.29, 1.82) is 0 Å². The van der Waals surface area contributed by atoms with Gasteiger partial charge in [0.05, 0.1) is 6.04 Å². The van der Waals surface area contributed by atoms with Crippen LogP contribution < -0.4 is 15.5 Å². The Morgan fingerprint density at radius 3 is 2.84 bits per heavy atom. The number of benzene rings is 1. The van der Waals surface area contributed by atoms with Crippen LogP contribution in [0.15, 0.2) is 42.7 Å². The Kier molecular flexibility index (Phi) is 4.97. The van der Waals surface area contributed by atoms with E-state index in [1.54, 1.807) is 17.3 Å². The second-order valence-electron chi connectivity index (χ2n) is 6.36. The molecule has 2 N–H and O–H groups in total. The number of carbonyl (C=O) groups excluding carboxylic acids is 2. The van der Waals surface area contributed by atoms with Crippen molar-refractivity contribution >= 4 is 17.6 Å². The van der Waals surface area contributed by atoms with E-state index in [0.29, 0.717) is 19.5 Å². The summed E-state index contributed by atoms with van der Waals surface area (Å²) in [6, 6.07) is 9.23. The molecule has 0 bridgehead atoms. The molecule has 25 heavy (non-hydrogen) atoms. The van der Waals surface area contributed by atoms with Crippen molar-refractivity contribution in [2.75, 3.05) is 11.4 Å². The van der Waals surface area contributed by atoms with Gasteiger partial charge in [0.15, 0.2) is 0 Å². The van der Waals surface area contributed by atoms with Crippen molar-refractivity contribution < 1.29 is 9.59 Å². The molecule has 1 aliphatic heterocycles. The Morgan fingerprint density at radius 1 is 1.28 bits per heavy atom. The van der Waals surface area contributed by atoms with Crippen LogP contribution in [0.3, 0.4) is 0 Å². The topological polar surface area (TPSA) is 74.3 Å². The lowest BCUT2D eigenvalue weighted by Crippen LogP contribution is -2.43. The molecule has 1 aliphatic rings. The number of hydrogen-bond donors (Lipinski definition) is 2. The number of aryl methyl sites for hydroxylation is 2. The molecule has 0 spiro atoms. The zero-order chi connectivity index (χ0) is 17.8. The summed E-state index contributed by atoms with van der Waals surface area (Å²) in [6.07, 6.45) is 3.71. The van der Waals surface area contributed by atoms with Crippen molar-refractivity contribution in [2.45, 2.75) is 32.9 Å². The fourth-order valence-electron chi connectivity index (χ4n) is 2.87. The number of carbonyl (C=O) groups is 2. The van der Waals surface area contributed by atoms with Gasteiger partial charge in [0.2, 0.25) is 5.91 Å². The predicted molar refractivity (Wildman–Crippen MR) is 96.3 cm³/mol. The average Bonchev–Trinajstić information content (AvgIpc) is 2.96. The van der Waals surface area contributed by atoms with Gasteiger partial charge >= 0.3 is 6.03 Å². The van der Waals surface area contributed by atoms with Gasteiger partial charge in [-0.25, -0.2) is 4.79 Å². The summed E-state index contributed by atoms with van der Waals surface area (Å²) in [5.41, 5.74) is 4.15. The van der Waals surface area contributed by atoms with E-state index in [1.165, 1.54) is 5.56 Å². The summed E-state index contributed by atoms with van der Waals surface area (Å²) in [7, 11) is 0. The van der Waals surface area contributed by atoms with E-state index in [-0.39, 0.29) is 18.0 Å². The third-order valence-corrected chi connectivity index (χ3v) is 4.44. The van der Waals surface area contributed by atoms with Crippen molar-refractivity contribution in [3.8, 4) is 0 Å². The highest BCUT2D eigenvalue weighted by molar-refractivity contribution is 5.96. The van der Waals surface area contributed by atoms with E-state index >= 15 is 0 Å². The van der Waals surface area contributed by atoms with Gasteiger partial charge in [0, 0.05) is 37.6 Å². The second kappa shape index (κ2) is 7.34. The van der Waals surface area contributed by atoms with E-state index < -0.39 is 0 Å². The van der Waals surface area contributed by atoms with Crippen LogP contribution in [0.5, 0.6) is 0 Å². The first kappa shape index (κ1) is 17.0. The van der Waals surface area contributed by atoms with Crippen molar-refractivity contribution in [3.63, 3.8) is 0 Å². The molecule has 1 atom stereocenters. The SMILES string of the molecule is Cc1ccc(N2CC(NC(=O)NCc3cccnc3)CC2=O)cc1C. The molecule has 1 saturated heterocycles. The Morgan fingerprint density at radius 2 is 2.12 bits per heavy atom. The molecule has 1 aromatic heterocycles. The molecule has 6 nitrogen and oxygen atoms in total. The first-order valence-corrected chi connectivity index (χ1v) is 8.34. The van der Waals surface area contributed by atoms with Crippen LogP contribution in [0.25, 0.3) is 0 Å². The molecule has 130 valence electrons. The maximum absolute atomic E-state index is 12.3. The number of nitrogens with one attached hydrogen (secondary N) is 2. The standard InChI is InChI=1S/C19H22N4O2/c1-13-5-6-17(8-14(13)2)23-12-16(9-18(23)24)22-19(25)21-11-15-4-3-7-20-10-15/h3-8,10,16H,9,11-12H2,1-2H3,(H2,21,22,25). The highest BCUT2D eigenvalue weighted by Crippen LogP contribution is 2.24. The second-order valence-corrected chi connectivity index (χ2v) is 6.36. The molecule has 6 heteroatoms. The largest absolute Gasteiger partial charge is 0.334 e. The number of aromatic nitrogens is 1. The summed E-state index contributed by atoms with van der Waals surface area (Å²) in [5, 5.41) is 5.66.